The Balaban J connectivity index is 2.45. The first-order chi connectivity index (χ1) is 8.26. The zero-order valence-corrected chi connectivity index (χ0v) is 10.0. The minimum absolute atomic E-state index is 0.246. The summed E-state index contributed by atoms with van der Waals surface area (Å²) in [6, 6.07) is 5.56. The summed E-state index contributed by atoms with van der Waals surface area (Å²) in [4.78, 5) is 12.5. The van der Waals surface area contributed by atoms with Gasteiger partial charge in [-0.1, -0.05) is 12.0 Å². The third kappa shape index (κ3) is 2.22. The average molecular weight is 246 g/mol. The molecule has 0 spiro atoms. The maximum atomic E-state index is 11.5. The minimum Gasteiger partial charge on any atom is -0.464 e. The highest BCUT2D eigenvalue weighted by molar-refractivity contribution is 7.13. The predicted molar refractivity (Wildman–Crippen MR) is 65.7 cm³/mol. The number of carbonyl (C=O) groups is 1. The number of ether oxygens (including phenoxy) is 1. The molecule has 0 fully saturated rings. The van der Waals surface area contributed by atoms with Crippen molar-refractivity contribution in [1.29, 1.82) is 0 Å². The number of aromatic nitrogens is 2. The van der Waals surface area contributed by atoms with Crippen molar-refractivity contribution in [2.75, 3.05) is 7.11 Å². The van der Waals surface area contributed by atoms with E-state index in [2.05, 4.69) is 15.8 Å². The smallest absolute Gasteiger partial charge is 0.356 e. The molecule has 0 aliphatic heterocycles. The number of terminal acetylenes is 1. The molecular formula is C12H10N2O2S. The molecule has 17 heavy (non-hydrogen) atoms. The summed E-state index contributed by atoms with van der Waals surface area (Å²) in [5, 5.41) is 6.25. The second kappa shape index (κ2) is 4.85. The number of carbonyl (C=O) groups excluding carboxylic acids is 1. The topological polar surface area (TPSA) is 44.1 Å². The van der Waals surface area contributed by atoms with Crippen LogP contribution in [-0.4, -0.2) is 22.9 Å². The molecule has 2 heterocycles. The zero-order valence-electron chi connectivity index (χ0n) is 9.21. The second-order valence-electron chi connectivity index (χ2n) is 3.25. The molecule has 0 aliphatic carbocycles. The predicted octanol–water partition coefficient (Wildman–Crippen LogP) is 2.03. The van der Waals surface area contributed by atoms with Gasteiger partial charge < -0.3 is 4.74 Å². The number of methoxy groups -OCH3 is 1. The van der Waals surface area contributed by atoms with Gasteiger partial charge in [0.15, 0.2) is 0 Å². The molecule has 5 heteroatoms. The van der Waals surface area contributed by atoms with Gasteiger partial charge in [0.1, 0.15) is 17.9 Å². The minimum atomic E-state index is -0.435. The maximum absolute atomic E-state index is 11.5. The molecule has 0 radical (unpaired) electrons. The van der Waals surface area contributed by atoms with E-state index in [0.29, 0.717) is 5.69 Å². The molecule has 2 aromatic rings. The first kappa shape index (κ1) is 11.4. The number of esters is 1. The van der Waals surface area contributed by atoms with Gasteiger partial charge in [-0.25, -0.2) is 9.48 Å². The third-order valence-corrected chi connectivity index (χ3v) is 3.08. The highest BCUT2D eigenvalue weighted by Gasteiger charge is 2.16. The van der Waals surface area contributed by atoms with Gasteiger partial charge in [-0.3, -0.25) is 0 Å². The Morgan fingerprint density at radius 3 is 3.12 bits per heavy atom. The van der Waals surface area contributed by atoms with E-state index in [1.165, 1.54) is 11.8 Å². The summed E-state index contributed by atoms with van der Waals surface area (Å²) in [5.41, 5.74) is 1.10. The molecule has 0 aliphatic rings. The highest BCUT2D eigenvalue weighted by Crippen LogP contribution is 2.24. The molecular weight excluding hydrogens is 236 g/mol. The lowest BCUT2D eigenvalue weighted by molar-refractivity contribution is 0.0587. The Hall–Kier alpha value is -2.06. The Bertz CT molecular complexity index is 564. The van der Waals surface area contributed by atoms with E-state index >= 15 is 0 Å². The van der Waals surface area contributed by atoms with Crippen LogP contribution in [0.15, 0.2) is 23.6 Å². The van der Waals surface area contributed by atoms with E-state index in [-0.39, 0.29) is 6.54 Å². The maximum Gasteiger partial charge on any atom is 0.356 e. The van der Waals surface area contributed by atoms with Crippen LogP contribution in [0.3, 0.4) is 0 Å². The molecule has 0 aromatic carbocycles. The van der Waals surface area contributed by atoms with Crippen LogP contribution in [-0.2, 0) is 11.3 Å². The monoisotopic (exact) mass is 246 g/mol. The van der Waals surface area contributed by atoms with Gasteiger partial charge in [0.2, 0.25) is 0 Å². The molecule has 0 amide bonds. The molecule has 0 N–H and O–H groups in total. The molecule has 0 bridgehead atoms. The van der Waals surface area contributed by atoms with Crippen molar-refractivity contribution in [3.63, 3.8) is 0 Å². The van der Waals surface area contributed by atoms with Crippen LogP contribution >= 0.6 is 11.3 Å². The number of hydrogen-bond donors (Lipinski definition) is 0. The van der Waals surface area contributed by atoms with Crippen molar-refractivity contribution in [2.24, 2.45) is 0 Å². The van der Waals surface area contributed by atoms with Crippen LogP contribution in [0.25, 0.3) is 10.6 Å². The molecule has 0 unspecified atom stereocenters. The molecule has 86 valence electrons. The van der Waals surface area contributed by atoms with Crippen LogP contribution in [0.5, 0.6) is 0 Å². The van der Waals surface area contributed by atoms with Gasteiger partial charge >= 0.3 is 5.97 Å². The first-order valence-corrected chi connectivity index (χ1v) is 5.77. The molecule has 2 aromatic heterocycles. The summed E-state index contributed by atoms with van der Waals surface area (Å²) >= 11 is 1.56. The van der Waals surface area contributed by atoms with Crippen LogP contribution in [0.1, 0.15) is 10.5 Å². The van der Waals surface area contributed by atoms with Gasteiger partial charge in [0.25, 0.3) is 0 Å². The Morgan fingerprint density at radius 1 is 1.71 bits per heavy atom. The number of nitrogens with zero attached hydrogens (tertiary/aromatic N) is 2. The van der Waals surface area contributed by atoms with E-state index in [0.717, 1.165) is 10.6 Å². The van der Waals surface area contributed by atoms with Crippen molar-refractivity contribution in [3.05, 3.63) is 29.3 Å². The van der Waals surface area contributed by atoms with Crippen molar-refractivity contribution in [1.82, 2.24) is 9.78 Å². The average Bonchev–Trinajstić information content (AvgIpc) is 2.96. The fourth-order valence-electron chi connectivity index (χ4n) is 1.44. The van der Waals surface area contributed by atoms with Gasteiger partial charge in [-0.15, -0.1) is 17.8 Å². The van der Waals surface area contributed by atoms with Gasteiger partial charge in [0.05, 0.1) is 12.0 Å². The quantitative estimate of drug-likeness (QED) is 0.615. The van der Waals surface area contributed by atoms with Gasteiger partial charge in [0, 0.05) is 0 Å². The third-order valence-electron chi connectivity index (χ3n) is 2.19. The molecule has 0 saturated heterocycles. The number of thiophene rings is 1. The standard InChI is InChI=1S/C12H10N2O2S/c1-3-6-14-10(12(15)16-2)8-9(13-14)11-5-4-7-17-11/h1,4-5,7-8H,6H2,2H3. The molecule has 4 nitrogen and oxygen atoms in total. The molecule has 0 saturated carbocycles. The van der Waals surface area contributed by atoms with Crippen molar-refractivity contribution >= 4 is 17.3 Å². The fraction of sp³-hybridized carbons (Fsp3) is 0.167. The fourth-order valence-corrected chi connectivity index (χ4v) is 2.12. The second-order valence-corrected chi connectivity index (χ2v) is 4.19. The normalized spacial score (nSPS) is 9.88. The Labute approximate surface area is 103 Å². The van der Waals surface area contributed by atoms with Crippen molar-refractivity contribution < 1.29 is 9.53 Å². The number of rotatable bonds is 3. The van der Waals surface area contributed by atoms with E-state index < -0.39 is 5.97 Å². The van der Waals surface area contributed by atoms with E-state index in [1.807, 2.05) is 17.5 Å². The summed E-state index contributed by atoms with van der Waals surface area (Å²) in [6.07, 6.45) is 5.24. The lowest BCUT2D eigenvalue weighted by Gasteiger charge is -2.00. The highest BCUT2D eigenvalue weighted by atomic mass is 32.1. The lowest BCUT2D eigenvalue weighted by atomic mass is 10.3. The van der Waals surface area contributed by atoms with E-state index in [9.17, 15) is 4.79 Å². The zero-order chi connectivity index (χ0) is 12.3. The number of hydrogen-bond acceptors (Lipinski definition) is 4. The Morgan fingerprint density at radius 2 is 2.53 bits per heavy atom. The molecule has 0 atom stereocenters. The Kier molecular flexibility index (Phi) is 3.26. The van der Waals surface area contributed by atoms with E-state index in [4.69, 9.17) is 6.42 Å². The van der Waals surface area contributed by atoms with Gasteiger partial charge in [-0.2, -0.15) is 5.10 Å². The summed E-state index contributed by atoms with van der Waals surface area (Å²) < 4.78 is 6.16. The largest absolute Gasteiger partial charge is 0.464 e. The lowest BCUT2D eigenvalue weighted by Crippen LogP contribution is -2.11. The van der Waals surface area contributed by atoms with Crippen LogP contribution in [0.2, 0.25) is 0 Å². The van der Waals surface area contributed by atoms with Crippen LogP contribution in [0.4, 0.5) is 0 Å². The summed E-state index contributed by atoms with van der Waals surface area (Å²) in [7, 11) is 1.33. The molecule has 2 rings (SSSR count). The first-order valence-electron chi connectivity index (χ1n) is 4.89. The van der Waals surface area contributed by atoms with Gasteiger partial charge in [-0.05, 0) is 17.5 Å². The summed E-state index contributed by atoms with van der Waals surface area (Å²) in [6.45, 7) is 0.246. The SMILES string of the molecule is C#CCn1nc(-c2cccs2)cc1C(=O)OC. The van der Waals surface area contributed by atoms with Crippen LogP contribution in [0, 0.1) is 12.3 Å². The summed E-state index contributed by atoms with van der Waals surface area (Å²) in [5.74, 6) is 2.02. The van der Waals surface area contributed by atoms with Crippen LogP contribution < -0.4 is 0 Å². The van der Waals surface area contributed by atoms with Crippen molar-refractivity contribution in [2.45, 2.75) is 6.54 Å². The van der Waals surface area contributed by atoms with Crippen molar-refractivity contribution in [3.8, 4) is 22.9 Å². The van der Waals surface area contributed by atoms with E-state index in [1.54, 1.807) is 17.4 Å².